The number of carboxylic acids is 1. The first-order valence-electron chi connectivity index (χ1n) is 6.64. The second-order valence-electron chi connectivity index (χ2n) is 5.54. The average molecular weight is 324 g/mol. The third-order valence-corrected chi connectivity index (χ3v) is 2.53. The summed E-state index contributed by atoms with van der Waals surface area (Å²) in [5.41, 5.74) is -0.760. The molecule has 11 heteroatoms. The summed E-state index contributed by atoms with van der Waals surface area (Å²) in [6.45, 7) is 5.06. The maximum absolute atomic E-state index is 11.7. The molecule has 0 atom stereocenters. The van der Waals surface area contributed by atoms with Gasteiger partial charge in [-0.2, -0.15) is 4.98 Å². The molecule has 0 saturated heterocycles. The summed E-state index contributed by atoms with van der Waals surface area (Å²) in [5, 5.41) is 22.4. The highest BCUT2D eigenvalue weighted by Crippen LogP contribution is 2.10. The van der Waals surface area contributed by atoms with Gasteiger partial charge in [-0.1, -0.05) is 10.4 Å². The quantitative estimate of drug-likeness (QED) is 0.799. The van der Waals surface area contributed by atoms with Crippen LogP contribution in [0.15, 0.2) is 10.9 Å². The van der Waals surface area contributed by atoms with E-state index in [1.165, 1.54) is 11.0 Å². The molecule has 0 aliphatic heterocycles. The van der Waals surface area contributed by atoms with Gasteiger partial charge in [-0.3, -0.25) is 0 Å². The Hall–Kier alpha value is -2.98. The molecule has 11 nitrogen and oxygen atoms in total. The zero-order valence-electron chi connectivity index (χ0n) is 12.8. The normalized spacial score (nSPS) is 11.3. The fourth-order valence-electron chi connectivity index (χ4n) is 1.66. The molecule has 1 amide bonds. The maximum Gasteiger partial charge on any atom is 0.407 e. The van der Waals surface area contributed by atoms with E-state index in [2.05, 4.69) is 25.8 Å². The molecular formula is C12H16N6O5. The van der Waals surface area contributed by atoms with Gasteiger partial charge in [0.1, 0.15) is 12.1 Å². The van der Waals surface area contributed by atoms with Crippen molar-refractivity contribution in [2.24, 2.45) is 0 Å². The topological polar surface area (TPSA) is 145 Å². The molecule has 0 spiro atoms. The number of rotatable bonds is 5. The zero-order valence-corrected chi connectivity index (χ0v) is 12.8. The number of nitrogens with one attached hydrogen (secondary N) is 1. The molecule has 2 heterocycles. The molecule has 0 fully saturated rings. The Morgan fingerprint density at radius 2 is 2.17 bits per heavy atom. The zero-order chi connectivity index (χ0) is 17.0. The minimum atomic E-state index is -1.26. The number of hydrogen-bond acceptors (Lipinski definition) is 8. The summed E-state index contributed by atoms with van der Waals surface area (Å²) in [5.74, 6) is -1.03. The molecule has 0 unspecified atom stereocenters. The Balaban J connectivity index is 2.13. The van der Waals surface area contributed by atoms with Crippen molar-refractivity contribution in [1.29, 1.82) is 0 Å². The van der Waals surface area contributed by atoms with Gasteiger partial charge in [0.25, 0.3) is 0 Å². The smallest absolute Gasteiger partial charge is 0.407 e. The lowest BCUT2D eigenvalue weighted by Gasteiger charge is -2.19. The van der Waals surface area contributed by atoms with Gasteiger partial charge in [0.05, 0.1) is 12.2 Å². The fourth-order valence-corrected chi connectivity index (χ4v) is 1.66. The van der Waals surface area contributed by atoms with E-state index >= 15 is 0 Å². The monoisotopic (exact) mass is 324 g/mol. The Kier molecular flexibility index (Phi) is 4.57. The van der Waals surface area contributed by atoms with E-state index in [-0.39, 0.29) is 30.4 Å². The van der Waals surface area contributed by atoms with Crippen molar-refractivity contribution >= 4 is 12.1 Å². The lowest BCUT2D eigenvalue weighted by atomic mass is 10.2. The van der Waals surface area contributed by atoms with Crippen molar-refractivity contribution < 1.29 is 24.0 Å². The summed E-state index contributed by atoms with van der Waals surface area (Å²) in [7, 11) is 0. The van der Waals surface area contributed by atoms with Crippen LogP contribution in [0.5, 0.6) is 0 Å². The minimum absolute atomic E-state index is 0.0333. The van der Waals surface area contributed by atoms with Crippen molar-refractivity contribution in [3.05, 3.63) is 23.6 Å². The van der Waals surface area contributed by atoms with Crippen LogP contribution in [0, 0.1) is 0 Å². The Bertz CT molecular complexity index is 687. The van der Waals surface area contributed by atoms with Crippen molar-refractivity contribution in [3.8, 4) is 0 Å². The minimum Gasteiger partial charge on any atom is -0.476 e. The Morgan fingerprint density at radius 1 is 1.43 bits per heavy atom. The van der Waals surface area contributed by atoms with Crippen LogP contribution in [0.25, 0.3) is 0 Å². The number of ether oxygens (including phenoxy) is 1. The van der Waals surface area contributed by atoms with Gasteiger partial charge in [0.2, 0.25) is 5.89 Å². The highest BCUT2D eigenvalue weighted by Gasteiger charge is 2.22. The van der Waals surface area contributed by atoms with Crippen molar-refractivity contribution in [1.82, 2.24) is 30.5 Å². The van der Waals surface area contributed by atoms with E-state index in [0.29, 0.717) is 0 Å². The average Bonchev–Trinajstić information content (AvgIpc) is 3.04. The first-order valence-corrected chi connectivity index (χ1v) is 6.64. The van der Waals surface area contributed by atoms with Crippen LogP contribution >= 0.6 is 0 Å². The molecule has 2 aromatic heterocycles. The van der Waals surface area contributed by atoms with Crippen LogP contribution < -0.4 is 5.32 Å². The van der Waals surface area contributed by atoms with E-state index in [4.69, 9.17) is 14.4 Å². The highest BCUT2D eigenvalue weighted by molar-refractivity contribution is 5.86. The van der Waals surface area contributed by atoms with E-state index in [1.54, 1.807) is 20.8 Å². The molecule has 2 aromatic rings. The number of carboxylic acid groups (broad SMARTS) is 1. The molecule has 2 N–H and O–H groups in total. The second kappa shape index (κ2) is 6.42. The van der Waals surface area contributed by atoms with Gasteiger partial charge in [-0.15, -0.1) is 5.10 Å². The number of amides is 1. The molecule has 0 radical (unpaired) electrons. The van der Waals surface area contributed by atoms with Crippen LogP contribution in [-0.2, 0) is 17.8 Å². The Labute approximate surface area is 130 Å². The summed E-state index contributed by atoms with van der Waals surface area (Å²) in [6.07, 6.45) is 0.530. The van der Waals surface area contributed by atoms with Crippen molar-refractivity contribution in [3.63, 3.8) is 0 Å². The van der Waals surface area contributed by atoms with E-state index in [1.807, 2.05) is 0 Å². The standard InChI is InChI=1S/C12H16N6O5/c1-12(2,3)22-11(21)13-4-7-9(10(19)20)16-17-18(7)5-8-14-6-15-23-8/h6H,4-5H2,1-3H3,(H,13,21)(H,19,20). The van der Waals surface area contributed by atoms with Crippen LogP contribution in [0.4, 0.5) is 4.79 Å². The van der Waals surface area contributed by atoms with E-state index in [0.717, 1.165) is 0 Å². The highest BCUT2D eigenvalue weighted by atomic mass is 16.6. The number of hydrogen-bond donors (Lipinski definition) is 2. The Morgan fingerprint density at radius 3 is 2.74 bits per heavy atom. The molecule has 124 valence electrons. The van der Waals surface area contributed by atoms with Crippen molar-refractivity contribution in [2.45, 2.75) is 39.5 Å². The predicted molar refractivity (Wildman–Crippen MR) is 73.5 cm³/mol. The molecule has 0 aliphatic carbocycles. The second-order valence-corrected chi connectivity index (χ2v) is 5.54. The SMILES string of the molecule is CC(C)(C)OC(=O)NCc1c(C(=O)O)nnn1Cc1ncno1. The van der Waals surface area contributed by atoms with Gasteiger partial charge in [0, 0.05) is 0 Å². The van der Waals surface area contributed by atoms with Crippen LogP contribution in [-0.4, -0.2) is 47.9 Å². The number of aromatic carboxylic acids is 1. The number of alkyl carbamates (subject to hydrolysis) is 1. The molecule has 0 aromatic carbocycles. The molecule has 23 heavy (non-hydrogen) atoms. The summed E-state index contributed by atoms with van der Waals surface area (Å²) < 4.78 is 11.2. The molecule has 0 bridgehead atoms. The summed E-state index contributed by atoms with van der Waals surface area (Å²) in [6, 6.07) is 0. The van der Waals surface area contributed by atoms with Gasteiger partial charge >= 0.3 is 12.1 Å². The van der Waals surface area contributed by atoms with Gasteiger partial charge in [-0.05, 0) is 20.8 Å². The fraction of sp³-hybridized carbons (Fsp3) is 0.500. The third kappa shape index (κ3) is 4.49. The largest absolute Gasteiger partial charge is 0.476 e. The lowest BCUT2D eigenvalue weighted by Crippen LogP contribution is -2.33. The van der Waals surface area contributed by atoms with Gasteiger partial charge < -0.3 is 19.7 Å². The summed E-state index contributed by atoms with van der Waals surface area (Å²) in [4.78, 5) is 26.7. The first-order chi connectivity index (χ1) is 10.8. The summed E-state index contributed by atoms with van der Waals surface area (Å²) >= 11 is 0. The maximum atomic E-state index is 11.7. The number of carbonyl (C=O) groups excluding carboxylic acids is 1. The number of carbonyl (C=O) groups is 2. The molecule has 2 rings (SSSR count). The predicted octanol–water partition coefficient (Wildman–Crippen LogP) is 0.432. The third-order valence-electron chi connectivity index (χ3n) is 2.53. The molecular weight excluding hydrogens is 308 g/mol. The van der Waals surface area contributed by atoms with Gasteiger partial charge in [0.15, 0.2) is 12.0 Å². The molecule has 0 saturated carbocycles. The lowest BCUT2D eigenvalue weighted by molar-refractivity contribution is 0.0519. The molecule has 0 aliphatic rings. The van der Waals surface area contributed by atoms with Crippen molar-refractivity contribution in [2.75, 3.05) is 0 Å². The number of aromatic nitrogens is 5. The van der Waals surface area contributed by atoms with Crippen LogP contribution in [0.2, 0.25) is 0 Å². The van der Waals surface area contributed by atoms with Gasteiger partial charge in [-0.25, -0.2) is 14.3 Å². The number of nitrogens with zero attached hydrogens (tertiary/aromatic N) is 5. The van der Waals surface area contributed by atoms with Crippen LogP contribution in [0.1, 0.15) is 42.8 Å². The van der Waals surface area contributed by atoms with E-state index < -0.39 is 17.7 Å². The van der Waals surface area contributed by atoms with E-state index in [9.17, 15) is 9.59 Å². The van der Waals surface area contributed by atoms with Crippen LogP contribution in [0.3, 0.4) is 0 Å². The first kappa shape index (κ1) is 16.4.